The van der Waals surface area contributed by atoms with Crippen LogP contribution in [0.15, 0.2) is 0 Å². The van der Waals surface area contributed by atoms with Gasteiger partial charge in [0.2, 0.25) is 0 Å². The fourth-order valence-electron chi connectivity index (χ4n) is 1.05. The van der Waals surface area contributed by atoms with Gasteiger partial charge in [0.25, 0.3) is 0 Å². The molecule has 0 heterocycles. The number of carboxylic acids is 1. The first kappa shape index (κ1) is 12.4. The molecule has 0 amide bonds. The molecular weight excluding hydrogens is 168 g/mol. The molecule has 0 saturated heterocycles. The zero-order valence-electron chi connectivity index (χ0n) is 8.87. The van der Waals surface area contributed by atoms with Crippen molar-refractivity contribution >= 4 is 5.97 Å². The van der Waals surface area contributed by atoms with Crippen molar-refractivity contribution in [1.82, 2.24) is 4.90 Å². The smallest absolute Gasteiger partial charge is 0.324 e. The molecule has 0 aromatic heterocycles. The van der Waals surface area contributed by atoms with Gasteiger partial charge in [-0.2, -0.15) is 0 Å². The van der Waals surface area contributed by atoms with Crippen molar-refractivity contribution in [2.75, 3.05) is 13.6 Å². The third-order valence-corrected chi connectivity index (χ3v) is 2.41. The van der Waals surface area contributed by atoms with Crippen LogP contribution >= 0.6 is 0 Å². The summed E-state index contributed by atoms with van der Waals surface area (Å²) in [6.07, 6.45) is 0.992. The summed E-state index contributed by atoms with van der Waals surface area (Å²) in [4.78, 5) is 12.7. The fraction of sp³-hybridized carbons (Fsp3) is 0.889. The lowest BCUT2D eigenvalue weighted by Gasteiger charge is -2.30. The van der Waals surface area contributed by atoms with E-state index in [1.54, 1.807) is 0 Å². The van der Waals surface area contributed by atoms with E-state index in [1.165, 1.54) is 6.92 Å². The number of hydrogen-bond donors (Lipinski definition) is 2. The molecule has 0 aliphatic rings. The summed E-state index contributed by atoms with van der Waals surface area (Å²) in [5, 5.41) is 8.79. The van der Waals surface area contributed by atoms with Crippen molar-refractivity contribution in [2.24, 2.45) is 5.73 Å². The van der Waals surface area contributed by atoms with Crippen LogP contribution in [-0.4, -0.2) is 41.1 Å². The lowest BCUT2D eigenvalue weighted by atomic mass is 10.0. The van der Waals surface area contributed by atoms with Gasteiger partial charge in [0.15, 0.2) is 0 Å². The Morgan fingerprint density at radius 2 is 2.15 bits per heavy atom. The number of carboxylic acid groups (broad SMARTS) is 1. The molecule has 2 atom stereocenters. The Morgan fingerprint density at radius 1 is 1.69 bits per heavy atom. The van der Waals surface area contributed by atoms with E-state index in [4.69, 9.17) is 10.8 Å². The van der Waals surface area contributed by atoms with Crippen molar-refractivity contribution in [2.45, 2.75) is 38.8 Å². The normalized spacial score (nSPS) is 18.3. The highest BCUT2D eigenvalue weighted by atomic mass is 16.4. The Balaban J connectivity index is 4.19. The molecule has 0 saturated carbocycles. The van der Waals surface area contributed by atoms with Gasteiger partial charge in [-0.1, -0.05) is 6.92 Å². The van der Waals surface area contributed by atoms with E-state index < -0.39 is 11.5 Å². The van der Waals surface area contributed by atoms with Crippen molar-refractivity contribution in [3.05, 3.63) is 0 Å². The average molecular weight is 188 g/mol. The standard InChI is InChI=1S/C9H20N2O2/c1-5-7(2)11(4)6-9(3,10)8(12)13/h7H,5-6,10H2,1-4H3,(H,12,13). The van der Waals surface area contributed by atoms with Crippen LogP contribution in [-0.2, 0) is 4.79 Å². The molecule has 0 fully saturated rings. The number of aliphatic carboxylic acids is 1. The molecular formula is C9H20N2O2. The number of nitrogens with zero attached hydrogens (tertiary/aromatic N) is 1. The lowest BCUT2D eigenvalue weighted by Crippen LogP contribution is -2.54. The van der Waals surface area contributed by atoms with E-state index >= 15 is 0 Å². The molecule has 0 aliphatic carbocycles. The molecule has 0 bridgehead atoms. The quantitative estimate of drug-likeness (QED) is 0.660. The minimum Gasteiger partial charge on any atom is -0.480 e. The van der Waals surface area contributed by atoms with Crippen LogP contribution in [0.4, 0.5) is 0 Å². The van der Waals surface area contributed by atoms with Gasteiger partial charge in [-0.3, -0.25) is 4.79 Å². The van der Waals surface area contributed by atoms with Crippen molar-refractivity contribution < 1.29 is 9.90 Å². The maximum absolute atomic E-state index is 10.7. The Kier molecular flexibility index (Phi) is 4.36. The van der Waals surface area contributed by atoms with Gasteiger partial charge in [-0.15, -0.1) is 0 Å². The highest BCUT2D eigenvalue weighted by Crippen LogP contribution is 2.07. The summed E-state index contributed by atoms with van der Waals surface area (Å²) in [5.41, 5.74) is 4.46. The minimum atomic E-state index is -1.15. The van der Waals surface area contributed by atoms with Crippen LogP contribution < -0.4 is 5.73 Å². The molecule has 2 unspecified atom stereocenters. The van der Waals surface area contributed by atoms with E-state index in [0.717, 1.165) is 6.42 Å². The third kappa shape index (κ3) is 3.74. The molecule has 4 heteroatoms. The number of carbonyl (C=O) groups is 1. The first-order valence-corrected chi connectivity index (χ1v) is 4.53. The van der Waals surface area contributed by atoms with Gasteiger partial charge < -0.3 is 15.7 Å². The fourth-order valence-corrected chi connectivity index (χ4v) is 1.05. The Morgan fingerprint density at radius 3 is 2.46 bits per heavy atom. The zero-order chi connectivity index (χ0) is 10.6. The van der Waals surface area contributed by atoms with Crippen molar-refractivity contribution in [1.29, 1.82) is 0 Å². The molecule has 0 aromatic rings. The van der Waals surface area contributed by atoms with Crippen LogP contribution in [0.3, 0.4) is 0 Å². The average Bonchev–Trinajstić information content (AvgIpc) is 2.01. The molecule has 78 valence electrons. The Bertz CT molecular complexity index is 180. The van der Waals surface area contributed by atoms with Crippen LogP contribution in [0.25, 0.3) is 0 Å². The maximum Gasteiger partial charge on any atom is 0.324 e. The second-order valence-electron chi connectivity index (χ2n) is 3.90. The van der Waals surface area contributed by atoms with Gasteiger partial charge in [0, 0.05) is 12.6 Å². The van der Waals surface area contributed by atoms with Crippen LogP contribution in [0.1, 0.15) is 27.2 Å². The monoisotopic (exact) mass is 188 g/mol. The molecule has 0 aliphatic heterocycles. The summed E-state index contributed by atoms with van der Waals surface area (Å²) < 4.78 is 0. The van der Waals surface area contributed by atoms with Gasteiger partial charge >= 0.3 is 5.97 Å². The Hall–Kier alpha value is -0.610. The summed E-state index contributed by atoms with van der Waals surface area (Å²) in [7, 11) is 1.89. The molecule has 4 nitrogen and oxygen atoms in total. The highest BCUT2D eigenvalue weighted by Gasteiger charge is 2.30. The van der Waals surface area contributed by atoms with Gasteiger partial charge in [0.1, 0.15) is 5.54 Å². The third-order valence-electron chi connectivity index (χ3n) is 2.41. The molecule has 0 rings (SSSR count). The zero-order valence-corrected chi connectivity index (χ0v) is 8.87. The molecule has 0 radical (unpaired) electrons. The first-order valence-electron chi connectivity index (χ1n) is 4.53. The number of likely N-dealkylation sites (N-methyl/N-ethyl adjacent to an activating group) is 1. The number of hydrogen-bond acceptors (Lipinski definition) is 3. The van der Waals surface area contributed by atoms with Gasteiger partial charge in [0.05, 0.1) is 0 Å². The van der Waals surface area contributed by atoms with Gasteiger partial charge in [-0.05, 0) is 27.3 Å². The van der Waals surface area contributed by atoms with E-state index in [0.29, 0.717) is 12.6 Å². The van der Waals surface area contributed by atoms with Crippen molar-refractivity contribution in [3.63, 3.8) is 0 Å². The minimum absolute atomic E-state index is 0.363. The summed E-state index contributed by atoms with van der Waals surface area (Å²) in [6.45, 7) is 6.03. The number of nitrogens with two attached hydrogens (primary N) is 1. The topological polar surface area (TPSA) is 66.6 Å². The van der Waals surface area contributed by atoms with Crippen LogP contribution in [0.5, 0.6) is 0 Å². The SMILES string of the molecule is CCC(C)N(C)CC(C)(N)C(=O)O. The Labute approximate surface area is 79.7 Å². The molecule has 3 N–H and O–H groups in total. The summed E-state index contributed by atoms with van der Waals surface area (Å²) in [5.74, 6) is -0.956. The largest absolute Gasteiger partial charge is 0.480 e. The highest BCUT2D eigenvalue weighted by molar-refractivity contribution is 5.78. The van der Waals surface area contributed by atoms with Crippen LogP contribution in [0.2, 0.25) is 0 Å². The predicted molar refractivity (Wildman–Crippen MR) is 52.6 cm³/mol. The van der Waals surface area contributed by atoms with E-state index in [1.807, 2.05) is 11.9 Å². The van der Waals surface area contributed by atoms with Crippen molar-refractivity contribution in [3.8, 4) is 0 Å². The second-order valence-corrected chi connectivity index (χ2v) is 3.90. The predicted octanol–water partition coefficient (Wildman–Crippen LogP) is 0.519. The van der Waals surface area contributed by atoms with Crippen LogP contribution in [0, 0.1) is 0 Å². The van der Waals surface area contributed by atoms with E-state index in [-0.39, 0.29) is 0 Å². The van der Waals surface area contributed by atoms with E-state index in [2.05, 4.69) is 13.8 Å². The first-order chi connectivity index (χ1) is 5.81. The van der Waals surface area contributed by atoms with Gasteiger partial charge in [-0.25, -0.2) is 0 Å². The summed E-state index contributed by atoms with van der Waals surface area (Å²) in [6, 6.07) is 0.363. The molecule has 0 aromatic carbocycles. The second kappa shape index (κ2) is 4.58. The number of rotatable bonds is 5. The molecule has 0 spiro atoms. The molecule has 13 heavy (non-hydrogen) atoms. The van der Waals surface area contributed by atoms with E-state index in [9.17, 15) is 4.79 Å². The lowest BCUT2D eigenvalue weighted by molar-refractivity contribution is -0.143. The maximum atomic E-state index is 10.7. The summed E-state index contributed by atoms with van der Waals surface area (Å²) >= 11 is 0.